The minimum Gasteiger partial charge on any atom is -0.480 e. The van der Waals surface area contributed by atoms with Gasteiger partial charge in [0, 0.05) is 32.0 Å². The van der Waals surface area contributed by atoms with Crippen LogP contribution in [0.4, 0.5) is 13.2 Å². The van der Waals surface area contributed by atoms with Crippen LogP contribution in [-0.2, 0) is 14.4 Å². The van der Waals surface area contributed by atoms with Crippen LogP contribution in [0.25, 0.3) is 0 Å². The van der Waals surface area contributed by atoms with Crippen LogP contribution >= 0.6 is 0 Å². The van der Waals surface area contributed by atoms with Crippen molar-refractivity contribution in [3.8, 4) is 0 Å². The topological polar surface area (TPSA) is 77.9 Å². The van der Waals surface area contributed by atoms with Gasteiger partial charge in [-0.1, -0.05) is 12.8 Å². The monoisotopic (exact) mass is 392 g/mol. The molecule has 2 amide bonds. The number of likely N-dealkylation sites (tertiary alicyclic amines) is 1. The van der Waals surface area contributed by atoms with Crippen LogP contribution in [0, 0.1) is 11.8 Å². The molecule has 1 N–H and O–H groups in total. The molecule has 1 heterocycles. The SMILES string of the molecule is CC(=O)N(CC(=O)O)C1CCCN(C(=O)C2CCCCC2C(F)(F)F)CC1. The molecule has 1 aliphatic carbocycles. The van der Waals surface area contributed by atoms with Crippen molar-refractivity contribution in [2.24, 2.45) is 11.8 Å². The first-order valence-electron chi connectivity index (χ1n) is 9.45. The van der Waals surface area contributed by atoms with Crippen LogP contribution in [0.15, 0.2) is 0 Å². The number of nitrogens with zero attached hydrogens (tertiary/aromatic N) is 2. The van der Waals surface area contributed by atoms with Crippen LogP contribution in [0.5, 0.6) is 0 Å². The second kappa shape index (κ2) is 8.93. The maximum Gasteiger partial charge on any atom is 0.392 e. The van der Waals surface area contributed by atoms with E-state index in [-0.39, 0.29) is 31.3 Å². The number of hydrogen-bond acceptors (Lipinski definition) is 3. The molecule has 6 nitrogen and oxygen atoms in total. The molecule has 2 aliphatic rings. The van der Waals surface area contributed by atoms with Gasteiger partial charge in [-0.15, -0.1) is 0 Å². The second-order valence-corrected chi connectivity index (χ2v) is 7.49. The zero-order valence-electron chi connectivity index (χ0n) is 15.5. The van der Waals surface area contributed by atoms with Crippen LogP contribution in [0.3, 0.4) is 0 Å². The first-order chi connectivity index (χ1) is 12.6. The largest absolute Gasteiger partial charge is 0.480 e. The predicted octanol–water partition coefficient (Wildman–Crippen LogP) is 2.67. The van der Waals surface area contributed by atoms with Crippen molar-refractivity contribution in [1.29, 1.82) is 0 Å². The first-order valence-corrected chi connectivity index (χ1v) is 9.45. The molecule has 27 heavy (non-hydrogen) atoms. The highest BCUT2D eigenvalue weighted by Crippen LogP contribution is 2.42. The van der Waals surface area contributed by atoms with E-state index in [0.29, 0.717) is 38.6 Å². The summed E-state index contributed by atoms with van der Waals surface area (Å²) in [5, 5.41) is 8.98. The first kappa shape index (κ1) is 21.5. The van der Waals surface area contributed by atoms with Crippen LogP contribution in [0.2, 0.25) is 0 Å². The number of carboxylic acid groups (broad SMARTS) is 1. The molecule has 0 aromatic carbocycles. The molecule has 1 saturated carbocycles. The smallest absolute Gasteiger partial charge is 0.392 e. The maximum atomic E-state index is 13.3. The fourth-order valence-corrected chi connectivity index (χ4v) is 4.31. The lowest BCUT2D eigenvalue weighted by atomic mass is 9.78. The zero-order valence-corrected chi connectivity index (χ0v) is 15.5. The molecular formula is C18H27F3N2O4. The Kier molecular flexibility index (Phi) is 7.11. The Morgan fingerprint density at radius 3 is 2.30 bits per heavy atom. The fourth-order valence-electron chi connectivity index (χ4n) is 4.31. The highest BCUT2D eigenvalue weighted by Gasteiger charge is 2.49. The quantitative estimate of drug-likeness (QED) is 0.798. The van der Waals surface area contributed by atoms with Crippen molar-refractivity contribution in [3.63, 3.8) is 0 Å². The maximum absolute atomic E-state index is 13.3. The van der Waals surface area contributed by atoms with Gasteiger partial charge < -0.3 is 14.9 Å². The number of carboxylic acids is 1. The van der Waals surface area contributed by atoms with Crippen molar-refractivity contribution >= 4 is 17.8 Å². The van der Waals surface area contributed by atoms with Crippen molar-refractivity contribution in [3.05, 3.63) is 0 Å². The molecule has 0 aromatic rings. The summed E-state index contributed by atoms with van der Waals surface area (Å²) in [6.07, 6.45) is -1.58. The van der Waals surface area contributed by atoms with E-state index in [1.807, 2.05) is 0 Å². The van der Waals surface area contributed by atoms with Gasteiger partial charge in [-0.25, -0.2) is 0 Å². The summed E-state index contributed by atoms with van der Waals surface area (Å²) < 4.78 is 39.9. The van der Waals surface area contributed by atoms with E-state index in [1.54, 1.807) is 0 Å². The van der Waals surface area contributed by atoms with Crippen molar-refractivity contribution in [2.75, 3.05) is 19.6 Å². The number of carbonyl (C=O) groups is 3. The third kappa shape index (κ3) is 5.59. The Hall–Kier alpha value is -1.80. The molecule has 2 rings (SSSR count). The van der Waals surface area contributed by atoms with Gasteiger partial charge in [-0.3, -0.25) is 14.4 Å². The molecular weight excluding hydrogens is 365 g/mol. The molecule has 0 bridgehead atoms. The Labute approximate surface area is 156 Å². The molecule has 0 spiro atoms. The van der Waals surface area contributed by atoms with E-state index < -0.39 is 36.4 Å². The van der Waals surface area contributed by atoms with E-state index in [4.69, 9.17) is 5.11 Å². The summed E-state index contributed by atoms with van der Waals surface area (Å²) in [5.41, 5.74) is 0. The summed E-state index contributed by atoms with van der Waals surface area (Å²) in [6, 6.07) is -0.318. The van der Waals surface area contributed by atoms with Gasteiger partial charge >= 0.3 is 12.1 Å². The molecule has 3 unspecified atom stereocenters. The summed E-state index contributed by atoms with van der Waals surface area (Å²) in [4.78, 5) is 38.3. The number of alkyl halides is 3. The minimum atomic E-state index is -4.37. The molecule has 1 aliphatic heterocycles. The lowest BCUT2D eigenvalue weighted by molar-refractivity contribution is -0.200. The summed E-state index contributed by atoms with van der Waals surface area (Å²) >= 11 is 0. The number of carbonyl (C=O) groups excluding carboxylic acids is 2. The van der Waals surface area contributed by atoms with E-state index in [2.05, 4.69) is 0 Å². The standard InChI is InChI=1S/C18H27F3N2O4/c1-12(24)23(11-16(25)26)13-5-4-9-22(10-8-13)17(27)14-6-2-3-7-15(14)18(19,20)21/h13-15H,2-11H2,1H3,(H,25,26). The van der Waals surface area contributed by atoms with Gasteiger partial charge in [-0.2, -0.15) is 13.2 Å². The second-order valence-electron chi connectivity index (χ2n) is 7.49. The highest BCUT2D eigenvalue weighted by atomic mass is 19.4. The summed E-state index contributed by atoms with van der Waals surface area (Å²) in [5.74, 6) is -4.54. The van der Waals surface area contributed by atoms with E-state index in [1.165, 1.54) is 16.7 Å². The van der Waals surface area contributed by atoms with E-state index in [0.717, 1.165) is 0 Å². The normalized spacial score (nSPS) is 27.0. The summed E-state index contributed by atoms with van der Waals surface area (Å²) in [7, 11) is 0. The van der Waals surface area contributed by atoms with Gasteiger partial charge in [0.25, 0.3) is 0 Å². The van der Waals surface area contributed by atoms with Crippen molar-refractivity contribution < 1.29 is 32.7 Å². The molecule has 0 radical (unpaired) electrons. The fraction of sp³-hybridized carbons (Fsp3) is 0.833. The molecule has 154 valence electrons. The van der Waals surface area contributed by atoms with Crippen LogP contribution in [-0.4, -0.2) is 64.5 Å². The zero-order chi connectivity index (χ0) is 20.2. The average molecular weight is 392 g/mol. The molecule has 2 fully saturated rings. The van der Waals surface area contributed by atoms with Crippen molar-refractivity contribution in [2.45, 2.75) is 64.1 Å². The third-order valence-electron chi connectivity index (χ3n) is 5.66. The number of halogens is 3. The molecule has 1 saturated heterocycles. The van der Waals surface area contributed by atoms with Gasteiger partial charge in [-0.05, 0) is 32.1 Å². The number of aliphatic carboxylic acids is 1. The summed E-state index contributed by atoms with van der Waals surface area (Å²) in [6.45, 7) is 1.47. The highest BCUT2D eigenvalue weighted by molar-refractivity contribution is 5.80. The van der Waals surface area contributed by atoms with Gasteiger partial charge in [0.2, 0.25) is 11.8 Å². The Morgan fingerprint density at radius 2 is 1.70 bits per heavy atom. The Balaban J connectivity index is 2.05. The third-order valence-corrected chi connectivity index (χ3v) is 5.66. The Morgan fingerprint density at radius 1 is 1.04 bits per heavy atom. The molecule has 0 aromatic heterocycles. The molecule has 9 heteroatoms. The lowest BCUT2D eigenvalue weighted by Gasteiger charge is -2.35. The lowest BCUT2D eigenvalue weighted by Crippen LogP contribution is -2.46. The van der Waals surface area contributed by atoms with Gasteiger partial charge in [0.05, 0.1) is 5.92 Å². The number of hydrogen-bond donors (Lipinski definition) is 1. The van der Waals surface area contributed by atoms with Crippen LogP contribution in [0.1, 0.15) is 51.9 Å². The Bertz CT molecular complexity index is 567. The van der Waals surface area contributed by atoms with Crippen molar-refractivity contribution in [1.82, 2.24) is 9.80 Å². The predicted molar refractivity (Wildman–Crippen MR) is 90.7 cm³/mol. The average Bonchev–Trinajstić information content (AvgIpc) is 2.84. The van der Waals surface area contributed by atoms with E-state index >= 15 is 0 Å². The number of amides is 2. The van der Waals surface area contributed by atoms with E-state index in [9.17, 15) is 27.6 Å². The molecule has 3 atom stereocenters. The minimum absolute atomic E-state index is 0.00685. The number of rotatable bonds is 4. The van der Waals surface area contributed by atoms with Crippen LogP contribution < -0.4 is 0 Å². The van der Waals surface area contributed by atoms with Gasteiger partial charge in [0.1, 0.15) is 6.54 Å². The van der Waals surface area contributed by atoms with Gasteiger partial charge in [0.15, 0.2) is 0 Å².